The standard InChI is InChI=1S/C12H20N2O7/c1-14-8-6(15)4-20-7-3-12(11(18)19,21-9(7)8)2-5(13)10(16)17/h5-9,14-15H,2-4,13H2,1H3,(H,16,17)(H,18,19)/t5-,6-,7+,8+,9-,12+/m0/s1. The number of nitrogens with two attached hydrogens (primary N) is 1. The molecule has 0 aliphatic carbocycles. The van der Waals surface area contributed by atoms with Crippen LogP contribution in [0.2, 0.25) is 0 Å². The van der Waals surface area contributed by atoms with E-state index in [0.717, 1.165) is 0 Å². The maximum Gasteiger partial charge on any atom is 0.336 e. The number of rotatable bonds is 5. The van der Waals surface area contributed by atoms with E-state index in [9.17, 15) is 19.8 Å². The third kappa shape index (κ3) is 2.87. The van der Waals surface area contributed by atoms with E-state index in [-0.39, 0.29) is 19.4 Å². The molecular weight excluding hydrogens is 284 g/mol. The number of likely N-dealkylation sites (N-methyl/N-ethyl adjacent to an activating group) is 1. The van der Waals surface area contributed by atoms with Crippen LogP contribution in [0.25, 0.3) is 0 Å². The first-order valence-electron chi connectivity index (χ1n) is 6.67. The van der Waals surface area contributed by atoms with Crippen LogP contribution < -0.4 is 11.1 Å². The van der Waals surface area contributed by atoms with Crippen molar-refractivity contribution in [1.29, 1.82) is 0 Å². The molecular formula is C12H20N2O7. The highest BCUT2D eigenvalue weighted by molar-refractivity contribution is 5.81. The molecule has 2 fully saturated rings. The topological polar surface area (TPSA) is 151 Å². The first kappa shape index (κ1) is 16.1. The normalized spacial score (nSPS) is 40.5. The quantitative estimate of drug-likeness (QED) is 0.379. The monoisotopic (exact) mass is 304 g/mol. The zero-order valence-electron chi connectivity index (χ0n) is 11.6. The molecule has 0 bridgehead atoms. The molecule has 2 rings (SSSR count). The summed E-state index contributed by atoms with van der Waals surface area (Å²) in [6.07, 6.45) is -2.38. The van der Waals surface area contributed by atoms with Crippen LogP contribution >= 0.6 is 0 Å². The summed E-state index contributed by atoms with van der Waals surface area (Å²) in [6, 6.07) is -1.83. The lowest BCUT2D eigenvalue weighted by molar-refractivity contribution is -0.175. The van der Waals surface area contributed by atoms with Gasteiger partial charge in [0.25, 0.3) is 0 Å². The van der Waals surface area contributed by atoms with Gasteiger partial charge >= 0.3 is 11.9 Å². The van der Waals surface area contributed by atoms with Crippen LogP contribution in [0.15, 0.2) is 0 Å². The summed E-state index contributed by atoms with van der Waals surface area (Å²) in [5.41, 5.74) is 3.74. The summed E-state index contributed by atoms with van der Waals surface area (Å²) < 4.78 is 11.0. The van der Waals surface area contributed by atoms with Crippen LogP contribution in [0.5, 0.6) is 0 Å². The summed E-state index contributed by atoms with van der Waals surface area (Å²) in [4.78, 5) is 22.5. The average molecular weight is 304 g/mol. The van der Waals surface area contributed by atoms with Crippen LogP contribution in [-0.2, 0) is 19.1 Å². The fraction of sp³-hybridized carbons (Fsp3) is 0.833. The lowest BCUT2D eigenvalue weighted by Crippen LogP contribution is -2.57. The highest BCUT2D eigenvalue weighted by atomic mass is 16.6. The number of ether oxygens (including phenoxy) is 2. The molecule has 0 unspecified atom stereocenters. The third-order valence-corrected chi connectivity index (χ3v) is 4.10. The van der Waals surface area contributed by atoms with Crippen LogP contribution in [0.4, 0.5) is 0 Å². The Kier molecular flexibility index (Phi) is 4.49. The Morgan fingerprint density at radius 1 is 1.48 bits per heavy atom. The number of nitrogens with one attached hydrogen (secondary N) is 1. The molecule has 2 heterocycles. The second-order valence-electron chi connectivity index (χ2n) is 5.49. The Balaban J connectivity index is 2.22. The van der Waals surface area contributed by atoms with Gasteiger partial charge in [0.2, 0.25) is 0 Å². The van der Waals surface area contributed by atoms with E-state index >= 15 is 0 Å². The number of aliphatic hydroxyl groups excluding tert-OH is 1. The zero-order chi connectivity index (χ0) is 15.8. The molecule has 120 valence electrons. The highest BCUT2D eigenvalue weighted by Gasteiger charge is 2.57. The number of aliphatic hydroxyl groups is 1. The second kappa shape index (κ2) is 5.85. The maximum absolute atomic E-state index is 11.6. The molecule has 6 N–H and O–H groups in total. The van der Waals surface area contributed by atoms with Crippen LogP contribution in [0, 0.1) is 0 Å². The number of carboxylic acid groups (broad SMARTS) is 2. The molecule has 0 aromatic heterocycles. The van der Waals surface area contributed by atoms with Crippen molar-refractivity contribution in [3.05, 3.63) is 0 Å². The van der Waals surface area contributed by atoms with Crippen LogP contribution in [-0.4, -0.2) is 76.9 Å². The smallest absolute Gasteiger partial charge is 0.336 e. The summed E-state index contributed by atoms with van der Waals surface area (Å²) in [7, 11) is 1.63. The maximum atomic E-state index is 11.6. The zero-order valence-corrected chi connectivity index (χ0v) is 11.6. The minimum atomic E-state index is -1.72. The minimum Gasteiger partial charge on any atom is -0.480 e. The molecule has 9 nitrogen and oxygen atoms in total. The van der Waals surface area contributed by atoms with Crippen LogP contribution in [0.1, 0.15) is 12.8 Å². The van der Waals surface area contributed by atoms with E-state index < -0.39 is 47.9 Å². The fourth-order valence-electron chi connectivity index (χ4n) is 2.98. The lowest BCUT2D eigenvalue weighted by Gasteiger charge is -2.36. The predicted octanol–water partition coefficient (Wildman–Crippen LogP) is -2.25. The van der Waals surface area contributed by atoms with E-state index in [2.05, 4.69) is 5.32 Å². The fourth-order valence-corrected chi connectivity index (χ4v) is 2.98. The molecule has 0 radical (unpaired) electrons. The molecule has 9 heteroatoms. The van der Waals surface area contributed by atoms with Crippen molar-refractivity contribution in [3.8, 4) is 0 Å². The number of hydrogen-bond donors (Lipinski definition) is 5. The minimum absolute atomic E-state index is 0.00111. The van der Waals surface area contributed by atoms with Crippen LogP contribution in [0.3, 0.4) is 0 Å². The van der Waals surface area contributed by atoms with Gasteiger partial charge in [0.05, 0.1) is 24.9 Å². The molecule has 6 atom stereocenters. The Morgan fingerprint density at radius 3 is 2.67 bits per heavy atom. The second-order valence-corrected chi connectivity index (χ2v) is 5.49. The highest BCUT2D eigenvalue weighted by Crippen LogP contribution is 2.40. The number of carboxylic acids is 2. The van der Waals surface area contributed by atoms with Gasteiger partial charge in [-0.25, -0.2) is 4.79 Å². The molecule has 0 spiro atoms. The number of carbonyl (C=O) groups is 2. The van der Waals surface area contributed by atoms with E-state index in [1.165, 1.54) is 0 Å². The van der Waals surface area contributed by atoms with E-state index in [1.54, 1.807) is 7.05 Å². The van der Waals surface area contributed by atoms with E-state index in [1.807, 2.05) is 0 Å². The molecule has 21 heavy (non-hydrogen) atoms. The Bertz CT molecular complexity index is 432. The summed E-state index contributed by atoms with van der Waals surface area (Å²) in [5.74, 6) is -2.57. The van der Waals surface area contributed by atoms with Gasteiger partial charge in [0.15, 0.2) is 5.60 Å². The van der Waals surface area contributed by atoms with Crippen molar-refractivity contribution < 1.29 is 34.4 Å². The Morgan fingerprint density at radius 2 is 2.14 bits per heavy atom. The number of fused-ring (bicyclic) bond motifs is 1. The summed E-state index contributed by atoms with van der Waals surface area (Å²) >= 11 is 0. The average Bonchev–Trinajstić information content (AvgIpc) is 2.78. The number of hydrogen-bond acceptors (Lipinski definition) is 7. The third-order valence-electron chi connectivity index (χ3n) is 4.10. The first-order chi connectivity index (χ1) is 9.80. The summed E-state index contributed by atoms with van der Waals surface area (Å²) in [5, 5.41) is 31.1. The van der Waals surface area contributed by atoms with Crippen molar-refractivity contribution in [2.24, 2.45) is 5.73 Å². The van der Waals surface area contributed by atoms with Gasteiger partial charge < -0.3 is 35.8 Å². The van der Waals surface area contributed by atoms with Crippen molar-refractivity contribution in [2.75, 3.05) is 13.7 Å². The largest absolute Gasteiger partial charge is 0.480 e. The Labute approximate surface area is 121 Å². The van der Waals surface area contributed by atoms with Gasteiger partial charge in [-0.3, -0.25) is 4.79 Å². The number of aliphatic carboxylic acids is 2. The molecule has 2 aliphatic heterocycles. The van der Waals surface area contributed by atoms with Gasteiger partial charge in [-0.15, -0.1) is 0 Å². The molecule has 2 saturated heterocycles. The van der Waals surface area contributed by atoms with Crippen molar-refractivity contribution in [3.63, 3.8) is 0 Å². The van der Waals surface area contributed by atoms with Gasteiger partial charge in [-0.05, 0) is 7.05 Å². The predicted molar refractivity (Wildman–Crippen MR) is 68.7 cm³/mol. The van der Waals surface area contributed by atoms with Crippen molar-refractivity contribution in [1.82, 2.24) is 5.32 Å². The molecule has 0 saturated carbocycles. The lowest BCUT2D eigenvalue weighted by atomic mass is 9.89. The molecule has 0 aromatic rings. The van der Waals surface area contributed by atoms with E-state index in [4.69, 9.17) is 20.3 Å². The van der Waals surface area contributed by atoms with Crippen molar-refractivity contribution in [2.45, 2.75) is 48.8 Å². The van der Waals surface area contributed by atoms with Crippen molar-refractivity contribution >= 4 is 11.9 Å². The van der Waals surface area contributed by atoms with E-state index in [0.29, 0.717) is 0 Å². The molecule has 2 aliphatic rings. The molecule has 0 aromatic carbocycles. The molecule has 0 amide bonds. The van der Waals surface area contributed by atoms with Gasteiger partial charge in [0.1, 0.15) is 12.1 Å². The first-order valence-corrected chi connectivity index (χ1v) is 6.67. The van der Waals surface area contributed by atoms with Gasteiger partial charge in [-0.1, -0.05) is 0 Å². The SMILES string of the molecule is CN[C@H]1[C@H]2O[C@@](C[C@H](N)C(=O)O)(C(=O)O)C[C@H]2OC[C@@H]1O. The van der Waals surface area contributed by atoms with Gasteiger partial charge in [-0.2, -0.15) is 0 Å². The van der Waals surface area contributed by atoms with Gasteiger partial charge in [0, 0.05) is 12.8 Å². The summed E-state index contributed by atoms with van der Waals surface area (Å²) in [6.45, 7) is 0.0662. The Hall–Kier alpha value is -1.26.